The number of imidazole rings is 1. The molecule has 0 spiro atoms. The Bertz CT molecular complexity index is 1290. The van der Waals surface area contributed by atoms with E-state index in [1.807, 2.05) is 48.5 Å². The minimum atomic E-state index is -0.417. The number of rotatable bonds is 5. The number of carbonyl (C=O) groups excluding carboxylic acids is 2. The van der Waals surface area contributed by atoms with Crippen molar-refractivity contribution in [3.05, 3.63) is 54.4 Å². The largest absolute Gasteiger partial charge is 0.349 e. The van der Waals surface area contributed by atoms with Crippen LogP contribution in [-0.2, 0) is 16.1 Å². The highest BCUT2D eigenvalue weighted by Crippen LogP contribution is 2.29. The van der Waals surface area contributed by atoms with Crippen LogP contribution in [0.2, 0.25) is 0 Å². The van der Waals surface area contributed by atoms with Crippen LogP contribution in [0.25, 0.3) is 21.9 Å². The average Bonchev–Trinajstić information content (AvgIpc) is 3.46. The van der Waals surface area contributed by atoms with Gasteiger partial charge in [-0.2, -0.15) is 5.10 Å². The molecule has 8 nitrogen and oxygen atoms in total. The molecule has 158 valence electrons. The molecular weight excluding hydrogens is 392 g/mol. The van der Waals surface area contributed by atoms with Crippen LogP contribution in [0.1, 0.15) is 32.1 Å². The van der Waals surface area contributed by atoms with Crippen LogP contribution < -0.4 is 10.2 Å². The van der Waals surface area contributed by atoms with Gasteiger partial charge >= 0.3 is 0 Å². The number of aromatic amines is 1. The molecule has 2 amide bonds. The van der Waals surface area contributed by atoms with Gasteiger partial charge in [-0.05, 0) is 38.1 Å². The van der Waals surface area contributed by atoms with Crippen molar-refractivity contribution in [3.8, 4) is 0 Å². The number of hydrogen-bond donors (Lipinski definition) is 2. The van der Waals surface area contributed by atoms with Crippen molar-refractivity contribution in [3.63, 3.8) is 0 Å². The molecule has 1 aliphatic heterocycles. The molecule has 3 heterocycles. The Kier molecular flexibility index (Phi) is 4.69. The smallest absolute Gasteiger partial charge is 0.229 e. The van der Waals surface area contributed by atoms with E-state index in [9.17, 15) is 9.59 Å². The number of nitrogens with one attached hydrogen (secondary N) is 2. The van der Waals surface area contributed by atoms with E-state index >= 15 is 0 Å². The van der Waals surface area contributed by atoms with Crippen LogP contribution >= 0.6 is 0 Å². The second-order valence-corrected chi connectivity index (χ2v) is 8.20. The number of amides is 2. The summed E-state index contributed by atoms with van der Waals surface area (Å²) in [5, 5.41) is 11.1. The summed E-state index contributed by atoms with van der Waals surface area (Å²) < 4.78 is 2.14. The number of fused-ring (bicyclic) bond motifs is 2. The predicted molar refractivity (Wildman–Crippen MR) is 119 cm³/mol. The zero-order valence-electron chi connectivity index (χ0n) is 17.5. The molecule has 0 radical (unpaired) electrons. The predicted octanol–water partition coefficient (Wildman–Crippen LogP) is 3.16. The zero-order chi connectivity index (χ0) is 21.5. The molecular formula is C23H24N6O2. The maximum absolute atomic E-state index is 12.9. The maximum atomic E-state index is 12.9. The molecule has 0 saturated carbocycles. The van der Waals surface area contributed by atoms with Crippen LogP contribution in [0.3, 0.4) is 0 Å². The summed E-state index contributed by atoms with van der Waals surface area (Å²) in [6.07, 6.45) is 0.174. The summed E-state index contributed by atoms with van der Waals surface area (Å²) in [6, 6.07) is 15.8. The van der Waals surface area contributed by atoms with E-state index in [0.29, 0.717) is 18.9 Å². The number of anilines is 1. The third-order valence-electron chi connectivity index (χ3n) is 5.81. The first-order valence-electron chi connectivity index (χ1n) is 10.5. The van der Waals surface area contributed by atoms with Gasteiger partial charge in [-0.1, -0.05) is 24.3 Å². The van der Waals surface area contributed by atoms with E-state index in [0.717, 1.165) is 27.8 Å². The molecule has 1 fully saturated rings. The number of carbonyl (C=O) groups is 2. The Morgan fingerprint density at radius 2 is 1.97 bits per heavy atom. The molecule has 31 heavy (non-hydrogen) atoms. The zero-order valence-corrected chi connectivity index (χ0v) is 17.5. The number of hydrogen-bond acceptors (Lipinski definition) is 4. The normalized spacial score (nSPS) is 16.7. The topological polar surface area (TPSA) is 95.9 Å². The maximum Gasteiger partial charge on any atom is 0.229 e. The molecule has 8 heteroatoms. The highest BCUT2D eigenvalue weighted by molar-refractivity contribution is 6.05. The fourth-order valence-electron chi connectivity index (χ4n) is 4.35. The first-order chi connectivity index (χ1) is 15.0. The Labute approximate surface area is 179 Å². The van der Waals surface area contributed by atoms with Crippen molar-refractivity contribution in [2.75, 3.05) is 11.4 Å². The molecule has 0 aliphatic carbocycles. The van der Waals surface area contributed by atoms with Crippen molar-refractivity contribution in [2.45, 2.75) is 32.9 Å². The van der Waals surface area contributed by atoms with Crippen LogP contribution in [0, 0.1) is 5.92 Å². The molecule has 1 saturated heterocycles. The Balaban J connectivity index is 1.31. The summed E-state index contributed by atoms with van der Waals surface area (Å²) in [5.41, 5.74) is 2.83. The van der Waals surface area contributed by atoms with Gasteiger partial charge in [0.15, 0.2) is 5.82 Å². The lowest BCUT2D eigenvalue weighted by Crippen LogP contribution is -2.33. The van der Waals surface area contributed by atoms with Crippen molar-refractivity contribution < 1.29 is 9.59 Å². The molecule has 0 bridgehead atoms. The summed E-state index contributed by atoms with van der Waals surface area (Å²) in [7, 11) is 0. The van der Waals surface area contributed by atoms with E-state index in [1.165, 1.54) is 0 Å². The third kappa shape index (κ3) is 3.34. The Morgan fingerprint density at radius 1 is 1.19 bits per heavy atom. The molecule has 4 aromatic rings. The lowest BCUT2D eigenvalue weighted by molar-refractivity contribution is -0.126. The first-order valence-corrected chi connectivity index (χ1v) is 10.5. The standard InChI is InChI=1S/C23H24N6O2/c1-14(2)29-19-10-6-5-9-18(19)25-20(29)12-24-23(31)15-11-21(30)28(13-15)22-16-7-3-4-8-17(16)26-27-22/h3-10,14-15H,11-13H2,1-2H3,(H,24,31)(H,26,27)/t15-/m1/s1. The van der Waals surface area contributed by atoms with Crippen LogP contribution in [-0.4, -0.2) is 38.1 Å². The number of para-hydroxylation sites is 3. The molecule has 1 atom stereocenters. The third-order valence-corrected chi connectivity index (χ3v) is 5.81. The summed E-state index contributed by atoms with van der Waals surface area (Å²) >= 11 is 0. The van der Waals surface area contributed by atoms with Crippen LogP contribution in [0.5, 0.6) is 0 Å². The monoisotopic (exact) mass is 416 g/mol. The highest BCUT2D eigenvalue weighted by Gasteiger charge is 2.36. The lowest BCUT2D eigenvalue weighted by Gasteiger charge is -2.16. The van der Waals surface area contributed by atoms with Crippen molar-refractivity contribution in [1.82, 2.24) is 25.1 Å². The minimum absolute atomic E-state index is 0.0909. The van der Waals surface area contributed by atoms with E-state index in [1.54, 1.807) is 4.90 Å². The van der Waals surface area contributed by atoms with Gasteiger partial charge in [-0.15, -0.1) is 0 Å². The van der Waals surface area contributed by atoms with Gasteiger partial charge in [0.25, 0.3) is 0 Å². The molecule has 5 rings (SSSR count). The Hall–Kier alpha value is -3.68. The molecule has 1 aliphatic rings. The van der Waals surface area contributed by atoms with Crippen LogP contribution in [0.15, 0.2) is 48.5 Å². The fourth-order valence-corrected chi connectivity index (χ4v) is 4.35. The first kappa shape index (κ1) is 19.3. The molecule has 2 aromatic carbocycles. The van der Waals surface area contributed by atoms with Gasteiger partial charge in [0.1, 0.15) is 5.82 Å². The highest BCUT2D eigenvalue weighted by atomic mass is 16.2. The van der Waals surface area contributed by atoms with Crippen molar-refractivity contribution >= 4 is 39.6 Å². The Morgan fingerprint density at radius 3 is 2.81 bits per heavy atom. The average molecular weight is 416 g/mol. The second-order valence-electron chi connectivity index (χ2n) is 8.20. The van der Waals surface area contributed by atoms with E-state index in [4.69, 9.17) is 4.98 Å². The lowest BCUT2D eigenvalue weighted by atomic mass is 10.1. The van der Waals surface area contributed by atoms with Gasteiger partial charge in [-0.3, -0.25) is 19.6 Å². The minimum Gasteiger partial charge on any atom is -0.349 e. The van der Waals surface area contributed by atoms with E-state index in [2.05, 4.69) is 33.9 Å². The molecule has 2 N–H and O–H groups in total. The number of aromatic nitrogens is 4. The van der Waals surface area contributed by atoms with Crippen molar-refractivity contribution in [1.29, 1.82) is 0 Å². The number of benzene rings is 2. The summed E-state index contributed by atoms with van der Waals surface area (Å²) in [5.74, 6) is 0.742. The molecule has 0 unspecified atom stereocenters. The van der Waals surface area contributed by atoms with Gasteiger partial charge in [-0.25, -0.2) is 4.98 Å². The summed E-state index contributed by atoms with van der Waals surface area (Å²) in [6.45, 7) is 4.84. The number of nitrogens with zero attached hydrogens (tertiary/aromatic N) is 4. The van der Waals surface area contributed by atoms with Crippen molar-refractivity contribution in [2.24, 2.45) is 5.92 Å². The molecule has 2 aromatic heterocycles. The SMILES string of the molecule is CC(C)n1c(CNC(=O)[C@@H]2CC(=O)N(c3n[nH]c4ccccc34)C2)nc2ccccc21. The van der Waals surface area contributed by atoms with Gasteiger partial charge in [0.2, 0.25) is 11.8 Å². The van der Waals surface area contributed by atoms with Gasteiger partial charge in [0.05, 0.1) is 29.0 Å². The quantitative estimate of drug-likeness (QED) is 0.522. The summed E-state index contributed by atoms with van der Waals surface area (Å²) in [4.78, 5) is 31.8. The number of H-pyrrole nitrogens is 1. The van der Waals surface area contributed by atoms with E-state index < -0.39 is 5.92 Å². The second kappa shape index (κ2) is 7.54. The van der Waals surface area contributed by atoms with E-state index in [-0.39, 0.29) is 24.3 Å². The fraction of sp³-hybridized carbons (Fsp3) is 0.304. The van der Waals surface area contributed by atoms with Gasteiger partial charge < -0.3 is 9.88 Å². The van der Waals surface area contributed by atoms with Crippen LogP contribution in [0.4, 0.5) is 5.82 Å². The van der Waals surface area contributed by atoms with Gasteiger partial charge in [0, 0.05) is 24.4 Å².